The van der Waals surface area contributed by atoms with Gasteiger partial charge in [-0.2, -0.15) is 0 Å². The molecule has 0 atom stereocenters. The topological polar surface area (TPSA) is 60.7 Å². The summed E-state index contributed by atoms with van der Waals surface area (Å²) in [7, 11) is 0. The molecule has 3 N–H and O–H groups in total. The van der Waals surface area contributed by atoms with Crippen LogP contribution in [0.3, 0.4) is 0 Å². The van der Waals surface area contributed by atoms with Gasteiger partial charge in [0.2, 0.25) is 0 Å². The van der Waals surface area contributed by atoms with Crippen LogP contribution < -0.4 is 0 Å². The van der Waals surface area contributed by atoms with E-state index in [1.54, 1.807) is 68.9 Å². The predicted molar refractivity (Wildman–Crippen MR) is 240 cm³/mol. The van der Waals surface area contributed by atoms with Gasteiger partial charge >= 0.3 is 0 Å². The molecule has 3 nitrogen and oxygen atoms in total. The van der Waals surface area contributed by atoms with Crippen molar-refractivity contribution in [3.8, 4) is 28.4 Å². The molecule has 57 heavy (non-hydrogen) atoms. The Balaban J connectivity index is 0.000000168. The van der Waals surface area contributed by atoms with Crippen LogP contribution in [0.4, 0.5) is 0 Å². The van der Waals surface area contributed by atoms with Crippen LogP contribution in [0.2, 0.25) is 0 Å². The maximum Gasteiger partial charge on any atom is 0.115 e. The van der Waals surface area contributed by atoms with E-state index >= 15 is 0 Å². The van der Waals surface area contributed by atoms with Crippen LogP contribution in [0.1, 0.15) is 105 Å². The molecule has 11 rings (SSSR count). The molecular formula is C54H64O3. The number of hydrogen-bond acceptors (Lipinski definition) is 3. The quantitative estimate of drug-likeness (QED) is 0.164. The summed E-state index contributed by atoms with van der Waals surface area (Å²) in [6.45, 7) is 14.1. The Kier molecular flexibility index (Phi) is 15.2. The lowest BCUT2D eigenvalue weighted by Gasteiger charge is -2.49. The van der Waals surface area contributed by atoms with Gasteiger partial charge in [0.15, 0.2) is 0 Å². The second-order valence-corrected chi connectivity index (χ2v) is 15.8. The minimum absolute atomic E-state index is 0.293. The second-order valence-electron chi connectivity index (χ2n) is 15.8. The van der Waals surface area contributed by atoms with Crippen molar-refractivity contribution >= 4 is 0 Å². The first kappa shape index (κ1) is 42.9. The highest BCUT2D eigenvalue weighted by atomic mass is 16.3. The van der Waals surface area contributed by atoms with Crippen molar-refractivity contribution in [2.24, 2.45) is 23.7 Å². The fourth-order valence-electron chi connectivity index (χ4n) is 9.71. The van der Waals surface area contributed by atoms with E-state index in [1.165, 1.54) is 68.2 Å². The first-order valence-electron chi connectivity index (χ1n) is 21.3. The number of phenolic OH excluding ortho intramolecular Hbond substituents is 3. The van der Waals surface area contributed by atoms with Crippen LogP contribution in [0.25, 0.3) is 11.1 Å². The van der Waals surface area contributed by atoms with Gasteiger partial charge in [-0.3, -0.25) is 0 Å². The molecule has 5 aliphatic carbocycles. The first-order chi connectivity index (χ1) is 27.7. The largest absolute Gasteiger partial charge is 0.508 e. The minimum Gasteiger partial charge on any atom is -0.508 e. The van der Waals surface area contributed by atoms with Crippen LogP contribution in [0.5, 0.6) is 17.2 Å². The van der Waals surface area contributed by atoms with Gasteiger partial charge in [-0.1, -0.05) is 154 Å². The first-order valence-corrected chi connectivity index (χ1v) is 21.3. The van der Waals surface area contributed by atoms with Crippen LogP contribution in [0.15, 0.2) is 146 Å². The van der Waals surface area contributed by atoms with E-state index in [4.69, 9.17) is 10.2 Å². The zero-order valence-electron chi connectivity index (χ0n) is 35.3. The molecule has 0 heterocycles. The Hall–Kier alpha value is -5.28. The van der Waals surface area contributed by atoms with Gasteiger partial charge in [-0.15, -0.1) is 0 Å². The predicted octanol–water partition coefficient (Wildman–Crippen LogP) is 14.3. The highest BCUT2D eigenvalue weighted by molar-refractivity contribution is 5.86. The van der Waals surface area contributed by atoms with Crippen LogP contribution in [0, 0.1) is 44.4 Å². The molecule has 4 bridgehead atoms. The van der Waals surface area contributed by atoms with Crippen molar-refractivity contribution < 1.29 is 15.3 Å². The molecule has 0 aromatic heterocycles. The molecule has 5 aliphatic rings. The summed E-state index contributed by atoms with van der Waals surface area (Å²) in [5.41, 5.74) is 10.5. The zero-order valence-corrected chi connectivity index (χ0v) is 35.3. The van der Waals surface area contributed by atoms with Crippen molar-refractivity contribution in [1.82, 2.24) is 0 Å². The van der Waals surface area contributed by atoms with Gasteiger partial charge in [0.25, 0.3) is 0 Å². The summed E-state index contributed by atoms with van der Waals surface area (Å²) >= 11 is 0. The monoisotopic (exact) mass is 760 g/mol. The molecule has 6 aromatic carbocycles. The summed E-state index contributed by atoms with van der Waals surface area (Å²) in [6, 6.07) is 47.9. The van der Waals surface area contributed by atoms with Crippen molar-refractivity contribution in [3.05, 3.63) is 185 Å². The number of benzene rings is 6. The number of aryl methyl sites for hydroxylation is 3. The molecule has 298 valence electrons. The lowest BCUT2D eigenvalue weighted by molar-refractivity contribution is 0.0198. The third-order valence-corrected chi connectivity index (χ3v) is 11.8. The highest BCUT2D eigenvalue weighted by Crippen LogP contribution is 2.56. The Labute approximate surface area is 343 Å². The fourth-order valence-corrected chi connectivity index (χ4v) is 9.71. The van der Waals surface area contributed by atoms with E-state index < -0.39 is 5.41 Å². The second kappa shape index (κ2) is 20.2. The minimum atomic E-state index is -0.433. The van der Waals surface area contributed by atoms with E-state index in [0.29, 0.717) is 17.2 Å². The average molecular weight is 761 g/mol. The van der Waals surface area contributed by atoms with Crippen molar-refractivity contribution in [3.63, 3.8) is 0 Å². The lowest BCUT2D eigenvalue weighted by atomic mass is 9.56. The summed E-state index contributed by atoms with van der Waals surface area (Å²) < 4.78 is 0. The Morgan fingerprint density at radius 1 is 0.368 bits per heavy atom. The summed E-state index contributed by atoms with van der Waals surface area (Å²) in [6.07, 6.45) is 9.62. The molecular weight excluding hydrogens is 697 g/mol. The zero-order chi connectivity index (χ0) is 41.0. The molecule has 3 heteroatoms. The highest BCUT2D eigenvalue weighted by Gasteiger charge is 2.46. The van der Waals surface area contributed by atoms with Gasteiger partial charge < -0.3 is 15.3 Å². The molecule has 6 aromatic rings. The number of hydrogen-bond donors (Lipinski definition) is 3. The van der Waals surface area contributed by atoms with E-state index in [9.17, 15) is 5.11 Å². The molecule has 0 unspecified atom stereocenters. The summed E-state index contributed by atoms with van der Waals surface area (Å²) in [4.78, 5) is 0. The smallest absolute Gasteiger partial charge is 0.115 e. The normalized spacial score (nSPS) is 19.4. The molecule has 0 radical (unpaired) electrons. The fraction of sp³-hybridized carbons (Fsp3) is 0.333. The SMILES string of the molecule is C1C2CC3CC1CC(C2)C3.CC.CC.Cc1ccc(O)cc1.Cc1ccc(O)cc1.Cc1cccc(C2(c3cccc(O)c3)c3ccccc3-c3ccccc32)c1. The molecule has 0 aliphatic heterocycles. The standard InChI is InChI=1S/C26H20O.C10H16.2C7H8O.2C2H6/c1-18-8-6-9-19(16-18)26(20-10-7-11-21(27)17-20)24-14-4-2-12-22(24)23-13-3-5-15-25(23)26;1-7-2-9-4-8(1)5-10(3-7)6-9;2*1-6-2-4-7(8)5-3-6;2*1-2/h2-17,27H,1H3;7-10H,1-6H2;2*2-5,8H,1H3;2*1-2H3. The molecule has 0 spiro atoms. The van der Waals surface area contributed by atoms with Gasteiger partial charge in [0, 0.05) is 0 Å². The van der Waals surface area contributed by atoms with E-state index in [0.717, 1.165) is 5.56 Å². The maximum absolute atomic E-state index is 10.3. The van der Waals surface area contributed by atoms with Crippen LogP contribution >= 0.6 is 0 Å². The van der Waals surface area contributed by atoms with Crippen molar-refractivity contribution in [2.45, 2.75) is 92.4 Å². The number of rotatable bonds is 2. The van der Waals surface area contributed by atoms with Gasteiger partial charge in [0.05, 0.1) is 5.41 Å². The van der Waals surface area contributed by atoms with Crippen LogP contribution in [-0.4, -0.2) is 15.3 Å². The molecule has 0 amide bonds. The average Bonchev–Trinajstić information content (AvgIpc) is 3.53. The third kappa shape index (κ3) is 10.2. The molecule has 4 saturated carbocycles. The van der Waals surface area contributed by atoms with Crippen LogP contribution in [-0.2, 0) is 5.41 Å². The maximum atomic E-state index is 10.3. The van der Waals surface area contributed by atoms with E-state index in [1.807, 2.05) is 77.9 Å². The third-order valence-electron chi connectivity index (χ3n) is 11.8. The van der Waals surface area contributed by atoms with Crippen molar-refractivity contribution in [1.29, 1.82) is 0 Å². The Morgan fingerprint density at radius 3 is 1.11 bits per heavy atom. The molecule has 0 saturated heterocycles. The van der Waals surface area contributed by atoms with Gasteiger partial charge in [-0.05, 0) is 153 Å². The lowest BCUT2D eigenvalue weighted by Crippen LogP contribution is -2.38. The summed E-state index contributed by atoms with van der Waals surface area (Å²) in [5.74, 6) is 5.66. The number of phenols is 3. The van der Waals surface area contributed by atoms with E-state index in [-0.39, 0.29) is 0 Å². The Bertz CT molecular complexity index is 1890. The Morgan fingerprint density at radius 2 is 0.737 bits per heavy atom. The van der Waals surface area contributed by atoms with Gasteiger partial charge in [-0.25, -0.2) is 0 Å². The summed E-state index contributed by atoms with van der Waals surface area (Å²) in [5, 5.41) is 27.8. The van der Waals surface area contributed by atoms with Gasteiger partial charge in [0.1, 0.15) is 17.2 Å². The number of aromatic hydroxyl groups is 3. The van der Waals surface area contributed by atoms with Crippen molar-refractivity contribution in [2.75, 3.05) is 0 Å². The van der Waals surface area contributed by atoms with E-state index in [2.05, 4.69) is 85.8 Å². The number of fused-ring (bicyclic) bond motifs is 3. The molecule has 4 fully saturated rings.